The fourth-order valence-electron chi connectivity index (χ4n) is 11.4. The lowest BCUT2D eigenvalue weighted by molar-refractivity contribution is 0.590. The Balaban J connectivity index is 1.16. The SMILES string of the molecule is CC(C)(C)c1ccc(N2B3c4cc5oc6ccccc6c5cc4-n4c5cc6oc7ccccc7c6cc5c5ccc(c3c54)-c3cc4c(cc32)-c2ccccc2C4(C)C)cc1. The summed E-state index contributed by atoms with van der Waals surface area (Å²) < 4.78 is 15.9. The molecule has 0 unspecified atom stereocenters. The van der Waals surface area contributed by atoms with Gasteiger partial charge in [0.05, 0.1) is 11.0 Å². The van der Waals surface area contributed by atoms with Crippen molar-refractivity contribution in [3.05, 3.63) is 162 Å². The van der Waals surface area contributed by atoms with E-state index in [1.54, 1.807) is 0 Å². The number of rotatable bonds is 1. The molecule has 11 aromatic rings. The first-order valence-electron chi connectivity index (χ1n) is 21.2. The van der Waals surface area contributed by atoms with Crippen LogP contribution in [0.5, 0.6) is 0 Å². The van der Waals surface area contributed by atoms with Gasteiger partial charge in [-0.1, -0.05) is 120 Å². The van der Waals surface area contributed by atoms with E-state index in [4.69, 9.17) is 8.83 Å². The molecule has 284 valence electrons. The predicted molar refractivity (Wildman–Crippen MR) is 251 cm³/mol. The van der Waals surface area contributed by atoms with Gasteiger partial charge in [0, 0.05) is 66.4 Å². The van der Waals surface area contributed by atoms with E-state index in [2.05, 4.69) is 190 Å². The van der Waals surface area contributed by atoms with Gasteiger partial charge >= 0.3 is 6.85 Å². The Morgan fingerprint density at radius 3 is 1.93 bits per heavy atom. The summed E-state index contributed by atoms with van der Waals surface area (Å²) in [5.41, 5.74) is 21.3. The average Bonchev–Trinajstić information content (AvgIpc) is 3.97. The Kier molecular flexibility index (Phi) is 5.92. The van der Waals surface area contributed by atoms with E-state index in [0.717, 1.165) is 49.4 Å². The van der Waals surface area contributed by atoms with Crippen molar-refractivity contribution in [1.29, 1.82) is 0 Å². The summed E-state index contributed by atoms with van der Waals surface area (Å²) in [5, 5.41) is 7.02. The van der Waals surface area contributed by atoms with Gasteiger partial charge in [-0.3, -0.25) is 0 Å². The van der Waals surface area contributed by atoms with Crippen LogP contribution in [-0.2, 0) is 10.8 Å². The van der Waals surface area contributed by atoms with Crippen molar-refractivity contribution in [2.75, 3.05) is 4.81 Å². The topological polar surface area (TPSA) is 34.5 Å². The molecule has 0 atom stereocenters. The number of nitrogens with zero attached hydrogens (tertiary/aromatic N) is 2. The number of benzene rings is 8. The van der Waals surface area contributed by atoms with Crippen LogP contribution in [0.15, 0.2) is 154 Å². The molecule has 0 N–H and O–H groups in total. The highest BCUT2D eigenvalue weighted by Gasteiger charge is 2.46. The lowest BCUT2D eigenvalue weighted by Crippen LogP contribution is -2.60. The highest BCUT2D eigenvalue weighted by atomic mass is 16.3. The van der Waals surface area contributed by atoms with Gasteiger partial charge in [-0.15, -0.1) is 0 Å². The molecular formula is C55H39BN2O2. The molecule has 3 aromatic heterocycles. The van der Waals surface area contributed by atoms with Crippen LogP contribution in [0.4, 0.5) is 11.4 Å². The zero-order valence-corrected chi connectivity index (χ0v) is 34.1. The minimum atomic E-state index is -0.135. The second-order valence-electron chi connectivity index (χ2n) is 18.9. The number of aromatic nitrogens is 1. The van der Waals surface area contributed by atoms with E-state index in [0.29, 0.717) is 0 Å². The number of anilines is 2. The zero-order chi connectivity index (χ0) is 40.0. The van der Waals surface area contributed by atoms with E-state index in [1.165, 1.54) is 83.2 Å². The molecule has 8 aromatic carbocycles. The summed E-state index contributed by atoms with van der Waals surface area (Å²) >= 11 is 0. The number of furan rings is 2. The molecule has 0 radical (unpaired) electrons. The Morgan fingerprint density at radius 1 is 0.500 bits per heavy atom. The van der Waals surface area contributed by atoms with E-state index >= 15 is 0 Å². The Labute approximate surface area is 347 Å². The lowest BCUT2D eigenvalue weighted by Gasteiger charge is -2.42. The van der Waals surface area contributed by atoms with Gasteiger partial charge in [-0.2, -0.15) is 0 Å². The minimum Gasteiger partial charge on any atom is -0.456 e. The molecular weight excluding hydrogens is 731 g/mol. The average molecular weight is 771 g/mol. The van der Waals surface area contributed by atoms with Crippen molar-refractivity contribution in [3.8, 4) is 27.9 Å². The highest BCUT2D eigenvalue weighted by Crippen LogP contribution is 2.54. The van der Waals surface area contributed by atoms with Crippen molar-refractivity contribution in [2.45, 2.75) is 45.4 Å². The zero-order valence-electron chi connectivity index (χ0n) is 34.1. The smallest absolute Gasteiger partial charge is 0.333 e. The van der Waals surface area contributed by atoms with Gasteiger partial charge < -0.3 is 18.2 Å². The second-order valence-corrected chi connectivity index (χ2v) is 18.9. The fourth-order valence-corrected chi connectivity index (χ4v) is 11.4. The maximum atomic E-state index is 6.72. The molecule has 0 bridgehead atoms. The highest BCUT2D eigenvalue weighted by molar-refractivity contribution is 6.94. The van der Waals surface area contributed by atoms with Crippen LogP contribution in [0.3, 0.4) is 0 Å². The molecule has 3 aliphatic rings. The first kappa shape index (κ1) is 32.9. The molecule has 2 aliphatic heterocycles. The van der Waals surface area contributed by atoms with Crippen molar-refractivity contribution < 1.29 is 8.83 Å². The van der Waals surface area contributed by atoms with Gasteiger partial charge in [0.15, 0.2) is 0 Å². The molecule has 4 nitrogen and oxygen atoms in total. The Bertz CT molecular complexity index is 3740. The Morgan fingerprint density at radius 2 is 1.18 bits per heavy atom. The molecule has 0 saturated heterocycles. The monoisotopic (exact) mass is 770 g/mol. The van der Waals surface area contributed by atoms with Crippen LogP contribution in [0.2, 0.25) is 0 Å². The summed E-state index contributed by atoms with van der Waals surface area (Å²) in [6.07, 6.45) is 0. The van der Waals surface area contributed by atoms with E-state index in [1.807, 2.05) is 0 Å². The quantitative estimate of drug-likeness (QED) is 0.156. The molecule has 1 aliphatic carbocycles. The molecule has 14 rings (SSSR count). The largest absolute Gasteiger partial charge is 0.456 e. The summed E-state index contributed by atoms with van der Waals surface area (Å²) in [6, 6.07) is 54.5. The molecule has 0 fully saturated rings. The third-order valence-electron chi connectivity index (χ3n) is 14.3. The van der Waals surface area contributed by atoms with E-state index in [9.17, 15) is 0 Å². The first-order valence-corrected chi connectivity index (χ1v) is 21.2. The summed E-state index contributed by atoms with van der Waals surface area (Å²) in [7, 11) is 0. The number of fused-ring (bicyclic) bond motifs is 17. The van der Waals surface area contributed by atoms with Gasteiger partial charge in [0.25, 0.3) is 0 Å². The van der Waals surface area contributed by atoms with Gasteiger partial charge in [0.1, 0.15) is 22.3 Å². The van der Waals surface area contributed by atoms with Crippen LogP contribution in [0, 0.1) is 0 Å². The molecule has 0 spiro atoms. The van der Waals surface area contributed by atoms with Crippen LogP contribution < -0.4 is 15.7 Å². The number of para-hydroxylation sites is 2. The van der Waals surface area contributed by atoms with E-state index < -0.39 is 0 Å². The van der Waals surface area contributed by atoms with Crippen molar-refractivity contribution >= 4 is 94.8 Å². The lowest BCUT2D eigenvalue weighted by atomic mass is 9.44. The maximum Gasteiger partial charge on any atom is 0.333 e. The van der Waals surface area contributed by atoms with Gasteiger partial charge in [0.2, 0.25) is 0 Å². The third-order valence-corrected chi connectivity index (χ3v) is 14.3. The fraction of sp³-hybridized carbons (Fsp3) is 0.127. The van der Waals surface area contributed by atoms with Crippen LogP contribution >= 0.6 is 0 Å². The second kappa shape index (κ2) is 10.8. The molecule has 0 saturated carbocycles. The van der Waals surface area contributed by atoms with Crippen LogP contribution in [-0.4, -0.2) is 11.4 Å². The Hall–Kier alpha value is -6.98. The van der Waals surface area contributed by atoms with E-state index in [-0.39, 0.29) is 17.7 Å². The molecule has 60 heavy (non-hydrogen) atoms. The third kappa shape index (κ3) is 3.98. The van der Waals surface area contributed by atoms with Crippen molar-refractivity contribution in [2.24, 2.45) is 0 Å². The normalized spacial score (nSPS) is 14.8. The number of hydrogen-bond donors (Lipinski definition) is 0. The maximum absolute atomic E-state index is 6.72. The summed E-state index contributed by atoms with van der Waals surface area (Å²) in [5.74, 6) is 0. The number of hydrogen-bond acceptors (Lipinski definition) is 3. The first-order chi connectivity index (χ1) is 29.1. The molecule has 0 amide bonds. The summed E-state index contributed by atoms with van der Waals surface area (Å²) in [4.78, 5) is 2.64. The van der Waals surface area contributed by atoms with Crippen LogP contribution in [0.1, 0.15) is 51.3 Å². The van der Waals surface area contributed by atoms with Gasteiger partial charge in [-0.05, 0) is 104 Å². The van der Waals surface area contributed by atoms with Gasteiger partial charge in [-0.25, -0.2) is 0 Å². The predicted octanol–water partition coefficient (Wildman–Crippen LogP) is 13.4. The van der Waals surface area contributed by atoms with Crippen LogP contribution in [0.25, 0.3) is 93.6 Å². The standard InChI is InChI=1S/C55H39BN2O2/c1-54(2,3)30-18-20-31(21-19-30)58-46-26-37-32-12-6-9-15-42(32)55(4,5)43(37)25-39(46)35-22-23-36-38-24-40-33-13-7-10-16-48(33)60-51(40)29-45(38)57-47-27-41-34-14-8-11-17-49(34)59-50(41)28-44(47)56(58)52(35)53(36)57/h6-29H,1-5H3. The summed E-state index contributed by atoms with van der Waals surface area (Å²) in [6.45, 7) is 11.5. The minimum absolute atomic E-state index is 0.0308. The van der Waals surface area contributed by atoms with Crippen molar-refractivity contribution in [1.82, 2.24) is 4.57 Å². The molecule has 5 heteroatoms. The van der Waals surface area contributed by atoms with Crippen molar-refractivity contribution in [3.63, 3.8) is 0 Å². The molecule has 5 heterocycles.